The van der Waals surface area contributed by atoms with E-state index in [4.69, 9.17) is 0 Å². The Morgan fingerprint density at radius 2 is 2.25 bits per heavy atom. The third-order valence-electron chi connectivity index (χ3n) is 0.732. The Morgan fingerprint density at radius 3 is 2.50 bits per heavy atom. The molecule has 0 aliphatic carbocycles. The molecule has 0 bridgehead atoms. The van der Waals surface area contributed by atoms with Crippen LogP contribution in [0.4, 0.5) is 8.78 Å². The van der Waals surface area contributed by atoms with Gasteiger partial charge in [0.15, 0.2) is 0 Å². The van der Waals surface area contributed by atoms with Crippen LogP contribution in [0.1, 0.15) is 0 Å². The molecule has 0 aromatic rings. The van der Waals surface area contributed by atoms with Gasteiger partial charge in [-0.3, -0.25) is 0 Å². The minimum Gasteiger partial charge on any atom is -0.205 e. The molecular weight excluding hydrogens is 114 g/mol. The molecule has 1 rings (SSSR count). The zero-order valence-corrected chi connectivity index (χ0v) is 3.88. The summed E-state index contributed by atoms with van der Waals surface area (Å²) in [6.07, 6.45) is -0.347. The Hall–Kier alpha value is -0.930. The second-order valence-electron chi connectivity index (χ2n) is 1.29. The van der Waals surface area contributed by atoms with Gasteiger partial charge in [-0.05, 0) is 0 Å². The second-order valence-corrected chi connectivity index (χ2v) is 1.29. The van der Waals surface area contributed by atoms with E-state index < -0.39 is 6.43 Å². The van der Waals surface area contributed by atoms with Gasteiger partial charge in [0.05, 0.1) is 18.0 Å². The fourth-order valence-corrected chi connectivity index (χ4v) is 0.346. The lowest BCUT2D eigenvalue weighted by Gasteiger charge is -1.88. The first-order chi connectivity index (χ1) is 3.80. The van der Waals surface area contributed by atoms with Crippen LogP contribution in [0.2, 0.25) is 0 Å². The van der Waals surface area contributed by atoms with Crippen LogP contribution in [0.15, 0.2) is 16.9 Å². The van der Waals surface area contributed by atoms with Crippen molar-refractivity contribution in [2.45, 2.75) is 6.43 Å². The lowest BCUT2D eigenvalue weighted by Crippen LogP contribution is -1.94. The summed E-state index contributed by atoms with van der Waals surface area (Å²) in [6, 6.07) is 0. The average molecular weight is 117 g/mol. The molecule has 0 unspecified atom stereocenters. The highest BCUT2D eigenvalue weighted by Crippen LogP contribution is 2.07. The van der Waals surface area contributed by atoms with Gasteiger partial charge in [0, 0.05) is 0 Å². The lowest BCUT2D eigenvalue weighted by molar-refractivity contribution is 0.197. The molecule has 1 aliphatic heterocycles. The fourth-order valence-electron chi connectivity index (χ4n) is 0.346. The minimum atomic E-state index is -2.44. The SMILES string of the molecule is FC(F)C1=C[N]N=C1. The van der Waals surface area contributed by atoms with Gasteiger partial charge in [-0.15, -0.1) is 0 Å². The van der Waals surface area contributed by atoms with Crippen molar-refractivity contribution in [1.29, 1.82) is 0 Å². The van der Waals surface area contributed by atoms with Crippen LogP contribution in [0.5, 0.6) is 0 Å². The number of halogens is 2. The van der Waals surface area contributed by atoms with Gasteiger partial charge in [-0.25, -0.2) is 8.78 Å². The van der Waals surface area contributed by atoms with E-state index in [1.165, 1.54) is 0 Å². The summed E-state index contributed by atoms with van der Waals surface area (Å²) in [7, 11) is 0. The van der Waals surface area contributed by atoms with Crippen molar-refractivity contribution in [3.63, 3.8) is 0 Å². The molecule has 0 aromatic carbocycles. The monoisotopic (exact) mass is 117 g/mol. The molecule has 4 heteroatoms. The predicted octanol–water partition coefficient (Wildman–Crippen LogP) is 0.739. The highest BCUT2D eigenvalue weighted by atomic mass is 19.3. The molecular formula is C4H3F2N2. The van der Waals surface area contributed by atoms with E-state index in [-0.39, 0.29) is 5.57 Å². The Morgan fingerprint density at radius 1 is 1.50 bits per heavy atom. The predicted molar refractivity (Wildman–Crippen MR) is 24.7 cm³/mol. The van der Waals surface area contributed by atoms with Gasteiger partial charge in [0.25, 0.3) is 6.43 Å². The van der Waals surface area contributed by atoms with Crippen LogP contribution in [-0.4, -0.2) is 12.6 Å². The number of rotatable bonds is 1. The van der Waals surface area contributed by atoms with Gasteiger partial charge < -0.3 is 0 Å². The van der Waals surface area contributed by atoms with Gasteiger partial charge >= 0.3 is 0 Å². The van der Waals surface area contributed by atoms with Crippen LogP contribution >= 0.6 is 0 Å². The number of allylic oxidation sites excluding steroid dienone is 1. The van der Waals surface area contributed by atoms with Crippen LogP contribution in [0.25, 0.3) is 0 Å². The second kappa shape index (κ2) is 1.90. The Bertz CT molecular complexity index is 139. The largest absolute Gasteiger partial charge is 0.266 e. The van der Waals surface area contributed by atoms with Crippen molar-refractivity contribution in [1.82, 2.24) is 5.43 Å². The third-order valence-corrected chi connectivity index (χ3v) is 0.732. The lowest BCUT2D eigenvalue weighted by atomic mass is 10.3. The summed E-state index contributed by atoms with van der Waals surface area (Å²) < 4.78 is 23.0. The van der Waals surface area contributed by atoms with E-state index in [2.05, 4.69) is 10.5 Å². The molecule has 0 N–H and O–H groups in total. The van der Waals surface area contributed by atoms with Crippen LogP contribution in [0.3, 0.4) is 0 Å². The maximum Gasteiger partial charge on any atom is 0.266 e. The number of alkyl halides is 2. The summed E-state index contributed by atoms with van der Waals surface area (Å²) in [5.41, 5.74) is 3.09. The minimum absolute atomic E-state index is 0.120. The van der Waals surface area contributed by atoms with Gasteiger partial charge in [-0.1, -0.05) is 0 Å². The fraction of sp³-hybridized carbons (Fsp3) is 0.250. The molecule has 0 amide bonds. The van der Waals surface area contributed by atoms with Gasteiger partial charge in [0.2, 0.25) is 0 Å². The maximum absolute atomic E-state index is 11.5. The summed E-state index contributed by atoms with van der Waals surface area (Å²) >= 11 is 0. The first-order valence-corrected chi connectivity index (χ1v) is 2.02. The third kappa shape index (κ3) is 0.828. The zero-order valence-electron chi connectivity index (χ0n) is 3.88. The molecule has 0 aromatic heterocycles. The molecule has 0 saturated carbocycles. The molecule has 0 atom stereocenters. The van der Waals surface area contributed by atoms with E-state index in [9.17, 15) is 8.78 Å². The van der Waals surface area contributed by atoms with Crippen molar-refractivity contribution >= 4 is 6.21 Å². The quantitative estimate of drug-likeness (QED) is 0.484. The summed E-state index contributed by atoms with van der Waals surface area (Å²) in [5, 5.41) is 3.21. The van der Waals surface area contributed by atoms with Gasteiger partial charge in [-0.2, -0.15) is 10.5 Å². The van der Waals surface area contributed by atoms with Crippen LogP contribution in [0, 0.1) is 0 Å². The highest BCUT2D eigenvalue weighted by Gasteiger charge is 2.10. The maximum atomic E-state index is 11.5. The Labute approximate surface area is 44.9 Å². The topological polar surface area (TPSA) is 26.5 Å². The van der Waals surface area contributed by atoms with Crippen molar-refractivity contribution in [3.05, 3.63) is 11.8 Å². The van der Waals surface area contributed by atoms with Crippen molar-refractivity contribution in [2.24, 2.45) is 5.10 Å². The standard InChI is InChI=1S/C4H3F2N2/c5-4(6)3-1-7-8-2-3/h1-2,4H. The molecule has 0 spiro atoms. The number of hydrogen-bond donors (Lipinski definition) is 0. The Balaban J connectivity index is 2.58. The van der Waals surface area contributed by atoms with E-state index >= 15 is 0 Å². The number of hydrogen-bond acceptors (Lipinski definition) is 1. The van der Waals surface area contributed by atoms with Gasteiger partial charge in [0.1, 0.15) is 0 Å². The first kappa shape index (κ1) is 5.21. The molecule has 1 radical (unpaired) electrons. The highest BCUT2D eigenvalue weighted by molar-refractivity contribution is 5.80. The molecule has 1 aliphatic rings. The molecule has 2 nitrogen and oxygen atoms in total. The molecule has 1 heterocycles. The van der Waals surface area contributed by atoms with Crippen molar-refractivity contribution in [3.8, 4) is 0 Å². The first-order valence-electron chi connectivity index (χ1n) is 2.02. The molecule has 0 saturated heterocycles. The van der Waals surface area contributed by atoms with Crippen LogP contribution in [-0.2, 0) is 0 Å². The van der Waals surface area contributed by atoms with E-state index in [0.29, 0.717) is 0 Å². The normalized spacial score (nSPS) is 16.6. The number of nitrogens with zero attached hydrogens (tertiary/aromatic N) is 2. The Kier molecular flexibility index (Phi) is 1.24. The molecule has 43 valence electrons. The average Bonchev–Trinajstić information content (AvgIpc) is 2.12. The van der Waals surface area contributed by atoms with E-state index in [1.54, 1.807) is 0 Å². The smallest absolute Gasteiger partial charge is 0.205 e. The molecule has 0 fully saturated rings. The summed E-state index contributed by atoms with van der Waals surface area (Å²) in [4.78, 5) is 0. The van der Waals surface area contributed by atoms with E-state index in [0.717, 1.165) is 12.4 Å². The van der Waals surface area contributed by atoms with Crippen molar-refractivity contribution in [2.75, 3.05) is 0 Å². The molecule has 8 heavy (non-hydrogen) atoms. The zero-order chi connectivity index (χ0) is 5.98. The van der Waals surface area contributed by atoms with Crippen molar-refractivity contribution < 1.29 is 8.78 Å². The van der Waals surface area contributed by atoms with Crippen LogP contribution < -0.4 is 5.43 Å². The summed E-state index contributed by atoms with van der Waals surface area (Å²) in [5.74, 6) is 0. The summed E-state index contributed by atoms with van der Waals surface area (Å²) in [6.45, 7) is 0. The van der Waals surface area contributed by atoms with E-state index in [1.807, 2.05) is 0 Å².